The molecule has 1 aromatic heterocycles. The molecule has 1 aromatic rings. The molecule has 0 aliphatic carbocycles. The van der Waals surface area contributed by atoms with Gasteiger partial charge in [-0.15, -0.1) is 0 Å². The molecule has 1 N–H and O–H groups in total. The summed E-state index contributed by atoms with van der Waals surface area (Å²) in [5.74, 6) is 0.749. The van der Waals surface area contributed by atoms with Crippen LogP contribution in [-0.4, -0.2) is 64.2 Å². The normalized spacial score (nSPS) is 19.1. The highest BCUT2D eigenvalue weighted by Crippen LogP contribution is 2.18. The lowest BCUT2D eigenvalue weighted by Crippen LogP contribution is -2.40. The van der Waals surface area contributed by atoms with E-state index in [0.29, 0.717) is 0 Å². The fraction of sp³-hybridized carbons (Fsp3) is 0.750. The van der Waals surface area contributed by atoms with E-state index in [1.54, 1.807) is 0 Å². The van der Waals surface area contributed by atoms with Crippen molar-refractivity contribution in [3.05, 3.63) is 23.8 Å². The molecule has 1 aliphatic heterocycles. The predicted molar refractivity (Wildman–Crippen MR) is 83.9 cm³/mol. The topological polar surface area (TPSA) is 52.5 Å². The first kappa shape index (κ1) is 16.3. The first-order valence-corrected chi connectivity index (χ1v) is 7.89. The molecule has 0 aromatic carbocycles. The molecule has 5 nitrogen and oxygen atoms in total. The van der Waals surface area contributed by atoms with Gasteiger partial charge in [-0.25, -0.2) is 0 Å². The third-order valence-electron chi connectivity index (χ3n) is 4.07. The van der Waals surface area contributed by atoms with E-state index in [-0.39, 0.29) is 6.10 Å². The molecule has 1 saturated heterocycles. The van der Waals surface area contributed by atoms with E-state index in [4.69, 9.17) is 0 Å². The number of β-amino-alcohol motifs (C(OH)–C–C–N with tert-alkyl or cyclic N) is 1. The van der Waals surface area contributed by atoms with E-state index in [2.05, 4.69) is 26.8 Å². The van der Waals surface area contributed by atoms with Crippen LogP contribution in [0.5, 0.6) is 0 Å². The molecular formula is C16H28N4O. The zero-order valence-electron chi connectivity index (χ0n) is 13.5. The molecule has 0 spiro atoms. The summed E-state index contributed by atoms with van der Waals surface area (Å²) in [5.41, 5.74) is 2.00. The number of aliphatic hydroxyl groups excluding tert-OH is 1. The number of rotatable bonds is 6. The lowest BCUT2D eigenvalue weighted by molar-refractivity contribution is 0.0918. The predicted octanol–water partition coefficient (Wildman–Crippen LogP) is 1.31. The number of hydrogen-bond donors (Lipinski definition) is 1. The van der Waals surface area contributed by atoms with Crippen molar-refractivity contribution in [3.8, 4) is 0 Å². The van der Waals surface area contributed by atoms with E-state index in [0.717, 1.165) is 50.0 Å². The number of hydrogen-bond acceptors (Lipinski definition) is 5. The van der Waals surface area contributed by atoms with Gasteiger partial charge in [0.2, 0.25) is 0 Å². The van der Waals surface area contributed by atoms with Crippen molar-refractivity contribution >= 4 is 0 Å². The lowest BCUT2D eigenvalue weighted by atomic mass is 9.96. The maximum atomic E-state index is 9.44. The van der Waals surface area contributed by atoms with Gasteiger partial charge in [0.1, 0.15) is 0 Å². The number of likely N-dealkylation sites (tertiary alicyclic amines) is 1. The van der Waals surface area contributed by atoms with E-state index in [1.165, 1.54) is 12.8 Å². The number of nitrogens with zero attached hydrogens (tertiary/aromatic N) is 4. The highest BCUT2D eigenvalue weighted by atomic mass is 16.3. The highest BCUT2D eigenvalue weighted by molar-refractivity contribution is 5.00. The van der Waals surface area contributed by atoms with Crippen molar-refractivity contribution < 1.29 is 5.11 Å². The van der Waals surface area contributed by atoms with Gasteiger partial charge in [0.25, 0.3) is 0 Å². The summed E-state index contributed by atoms with van der Waals surface area (Å²) in [6, 6.07) is 0. The van der Waals surface area contributed by atoms with Crippen LogP contribution in [-0.2, 0) is 6.54 Å². The Morgan fingerprint density at radius 2 is 2.05 bits per heavy atom. The smallest absolute Gasteiger partial charge is 0.0726 e. The van der Waals surface area contributed by atoms with Gasteiger partial charge in [-0.1, -0.05) is 0 Å². The summed E-state index contributed by atoms with van der Waals surface area (Å²) in [6.45, 7) is 8.81. The van der Waals surface area contributed by atoms with Crippen LogP contribution in [0.3, 0.4) is 0 Å². The zero-order valence-corrected chi connectivity index (χ0v) is 13.5. The van der Waals surface area contributed by atoms with Gasteiger partial charge < -0.3 is 14.9 Å². The summed E-state index contributed by atoms with van der Waals surface area (Å²) in [7, 11) is 2.16. The first-order chi connectivity index (χ1) is 10.0. The Morgan fingerprint density at radius 1 is 1.33 bits per heavy atom. The Hall–Kier alpha value is -1.04. The van der Waals surface area contributed by atoms with Crippen LogP contribution in [0.2, 0.25) is 0 Å². The van der Waals surface area contributed by atoms with Crippen molar-refractivity contribution in [2.75, 3.05) is 33.2 Å². The van der Waals surface area contributed by atoms with E-state index >= 15 is 0 Å². The van der Waals surface area contributed by atoms with Gasteiger partial charge in [0, 0.05) is 32.0 Å². The van der Waals surface area contributed by atoms with E-state index in [9.17, 15) is 5.11 Å². The molecule has 0 bridgehead atoms. The Kier molecular flexibility index (Phi) is 6.08. The maximum Gasteiger partial charge on any atom is 0.0726 e. The number of piperidine rings is 1. The molecule has 21 heavy (non-hydrogen) atoms. The Labute approximate surface area is 128 Å². The van der Waals surface area contributed by atoms with Crippen molar-refractivity contribution in [2.45, 2.75) is 39.3 Å². The maximum absolute atomic E-state index is 9.44. The molecule has 118 valence electrons. The summed E-state index contributed by atoms with van der Waals surface area (Å²) < 4.78 is 0. The minimum absolute atomic E-state index is 0.218. The minimum Gasteiger partial charge on any atom is -0.392 e. The fourth-order valence-corrected chi connectivity index (χ4v) is 3.01. The van der Waals surface area contributed by atoms with Crippen LogP contribution in [0.4, 0.5) is 0 Å². The third-order valence-corrected chi connectivity index (χ3v) is 4.07. The molecule has 2 rings (SSSR count). The molecule has 0 saturated carbocycles. The van der Waals surface area contributed by atoms with Crippen LogP contribution in [0.1, 0.15) is 31.2 Å². The fourth-order valence-electron chi connectivity index (χ4n) is 3.01. The lowest BCUT2D eigenvalue weighted by Gasteiger charge is -2.34. The SMILES string of the molecule is Cc1cnc(CN(C)CC2CCN(C[C@H](C)O)CC2)cn1. The molecule has 1 aliphatic rings. The van der Waals surface area contributed by atoms with Crippen molar-refractivity contribution in [1.29, 1.82) is 0 Å². The second-order valence-corrected chi connectivity index (χ2v) is 6.44. The quantitative estimate of drug-likeness (QED) is 0.857. The average molecular weight is 292 g/mol. The molecule has 1 atom stereocenters. The van der Waals surface area contributed by atoms with E-state index < -0.39 is 0 Å². The van der Waals surface area contributed by atoms with E-state index in [1.807, 2.05) is 26.2 Å². The van der Waals surface area contributed by atoms with Crippen LogP contribution in [0.25, 0.3) is 0 Å². The molecule has 1 fully saturated rings. The summed E-state index contributed by atoms with van der Waals surface area (Å²) in [5, 5.41) is 9.44. The molecule has 0 unspecified atom stereocenters. The van der Waals surface area contributed by atoms with Crippen LogP contribution < -0.4 is 0 Å². The Morgan fingerprint density at radius 3 is 2.62 bits per heavy atom. The van der Waals surface area contributed by atoms with Crippen LogP contribution in [0.15, 0.2) is 12.4 Å². The number of aryl methyl sites for hydroxylation is 1. The van der Waals surface area contributed by atoms with Crippen LogP contribution in [0, 0.1) is 12.8 Å². The van der Waals surface area contributed by atoms with Gasteiger partial charge in [-0.2, -0.15) is 0 Å². The monoisotopic (exact) mass is 292 g/mol. The second-order valence-electron chi connectivity index (χ2n) is 6.44. The Bertz CT molecular complexity index is 413. The highest BCUT2D eigenvalue weighted by Gasteiger charge is 2.21. The zero-order chi connectivity index (χ0) is 15.2. The average Bonchev–Trinajstić information content (AvgIpc) is 2.43. The molecule has 5 heteroatoms. The van der Waals surface area contributed by atoms with Crippen molar-refractivity contribution in [3.63, 3.8) is 0 Å². The van der Waals surface area contributed by atoms with Gasteiger partial charge in [-0.05, 0) is 52.7 Å². The number of aliphatic hydroxyl groups is 1. The largest absolute Gasteiger partial charge is 0.392 e. The standard InChI is InChI=1S/C16H28N4O/c1-13-8-18-16(9-17-13)12-19(3)11-15-4-6-20(7-5-15)10-14(2)21/h8-9,14-15,21H,4-7,10-12H2,1-3H3/t14-/m0/s1. The molecular weight excluding hydrogens is 264 g/mol. The van der Waals surface area contributed by atoms with Crippen molar-refractivity contribution in [1.82, 2.24) is 19.8 Å². The van der Waals surface area contributed by atoms with Gasteiger partial charge in [-0.3, -0.25) is 9.97 Å². The van der Waals surface area contributed by atoms with Gasteiger partial charge in [0.15, 0.2) is 0 Å². The molecule has 0 amide bonds. The van der Waals surface area contributed by atoms with Crippen LogP contribution >= 0.6 is 0 Å². The summed E-state index contributed by atoms with van der Waals surface area (Å²) in [4.78, 5) is 13.4. The second kappa shape index (κ2) is 7.82. The first-order valence-electron chi connectivity index (χ1n) is 7.89. The van der Waals surface area contributed by atoms with Crippen molar-refractivity contribution in [2.24, 2.45) is 5.92 Å². The molecule has 0 radical (unpaired) electrons. The number of aromatic nitrogens is 2. The molecule has 2 heterocycles. The summed E-state index contributed by atoms with van der Waals surface area (Å²) in [6.07, 6.45) is 5.92. The van der Waals surface area contributed by atoms with Gasteiger partial charge in [0.05, 0.1) is 17.5 Å². The van der Waals surface area contributed by atoms with Gasteiger partial charge >= 0.3 is 0 Å². The Balaban J connectivity index is 1.71. The minimum atomic E-state index is -0.218. The summed E-state index contributed by atoms with van der Waals surface area (Å²) >= 11 is 0. The third kappa shape index (κ3) is 5.69.